The first-order valence-corrected chi connectivity index (χ1v) is 29.1. The van der Waals surface area contributed by atoms with Gasteiger partial charge in [-0.3, -0.25) is 10.1 Å². The fourth-order valence-electron chi connectivity index (χ4n) is 9.38. The summed E-state index contributed by atoms with van der Waals surface area (Å²) in [6.45, 7) is 8.43. The van der Waals surface area contributed by atoms with Gasteiger partial charge in [-0.1, -0.05) is 89.2 Å². The van der Waals surface area contributed by atoms with Crippen LogP contribution in [0, 0.1) is 10.1 Å². The molecule has 2 aliphatic rings. The molecule has 0 saturated carbocycles. The highest BCUT2D eigenvalue weighted by molar-refractivity contribution is 7.98. The quantitative estimate of drug-likeness (QED) is 0.0116. The lowest BCUT2D eigenvalue weighted by molar-refractivity contribution is -0.385. The lowest BCUT2D eigenvalue weighted by Crippen LogP contribution is -2.33. The molecule has 0 fully saturated rings. The Labute approximate surface area is 488 Å². The van der Waals surface area contributed by atoms with E-state index in [0.29, 0.717) is 149 Å². The van der Waals surface area contributed by atoms with Crippen LogP contribution in [0.1, 0.15) is 39.9 Å². The van der Waals surface area contributed by atoms with Gasteiger partial charge in [-0.2, -0.15) is 21.9 Å². The average Bonchev–Trinajstić information content (AvgIpc) is 4.29. The third-order valence-corrected chi connectivity index (χ3v) is 14.4. The van der Waals surface area contributed by atoms with Crippen molar-refractivity contribution in [2.24, 2.45) is 27.5 Å². The molecule has 6 aromatic rings. The molecule has 3 heterocycles. The van der Waals surface area contributed by atoms with Crippen LogP contribution in [-0.4, -0.2) is 158 Å². The second kappa shape index (κ2) is 34.8. The SMILES string of the molecule is Cn1cc(/C=N/OCCOCCOCCOCC(COCCOCCOCCSCc2ccccc2[N+](=O)[O-])OCCOCCOCCN2Cc3ccccc3C3C(N=NN3c3ccc(N=C=S)cc3)c3ccccc32)c2ccccc21. The van der Waals surface area contributed by atoms with Crippen molar-refractivity contribution in [2.75, 3.05) is 141 Å². The summed E-state index contributed by atoms with van der Waals surface area (Å²) in [5.74, 6) is 1.26. The van der Waals surface area contributed by atoms with Crippen molar-refractivity contribution >= 4 is 69.0 Å². The van der Waals surface area contributed by atoms with Gasteiger partial charge in [0.15, 0.2) is 0 Å². The van der Waals surface area contributed by atoms with Gasteiger partial charge < -0.3 is 56.9 Å². The number of aromatic nitrogens is 1. The van der Waals surface area contributed by atoms with E-state index in [0.717, 1.165) is 39.1 Å². The van der Waals surface area contributed by atoms with Crippen molar-refractivity contribution in [2.45, 2.75) is 30.5 Å². The summed E-state index contributed by atoms with van der Waals surface area (Å²) in [4.78, 5) is 22.8. The van der Waals surface area contributed by atoms with Gasteiger partial charge in [0, 0.05) is 77.2 Å². The normalized spacial score (nSPS) is 15.0. The lowest BCUT2D eigenvalue weighted by atomic mass is 9.87. The minimum absolute atomic E-state index is 0.127. The number of isothiocyanates is 1. The first-order chi connectivity index (χ1) is 40.5. The largest absolute Gasteiger partial charge is 0.393 e. The minimum atomic E-state index is -0.349. The Kier molecular flexibility index (Phi) is 26.1. The van der Waals surface area contributed by atoms with Crippen molar-refractivity contribution < 1.29 is 52.4 Å². The molecule has 0 amide bonds. The highest BCUT2D eigenvalue weighted by Crippen LogP contribution is 2.49. The molecule has 0 spiro atoms. The molecule has 0 aliphatic carbocycles. The molecule has 3 unspecified atom stereocenters. The smallest absolute Gasteiger partial charge is 0.273 e. The fourth-order valence-corrected chi connectivity index (χ4v) is 10.3. The van der Waals surface area contributed by atoms with Crippen molar-refractivity contribution in [3.8, 4) is 0 Å². The first kappa shape index (κ1) is 61.6. The number of aliphatic imine (C=N–C) groups is 1. The summed E-state index contributed by atoms with van der Waals surface area (Å²) < 4.78 is 54.9. The zero-order valence-corrected chi connectivity index (χ0v) is 47.9. The van der Waals surface area contributed by atoms with E-state index < -0.39 is 0 Å². The standard InChI is InChI=1S/C60H72N8O12S2/c1-65-41-49(53-12-5-8-16-57(53)65)40-62-80-37-35-75-27-26-72-30-32-77-43-52(44-78-33-31-73-28-29-76-38-39-82-45-48-11-3-7-15-56(48)68(69)70)79-36-34-74-25-24-71-23-22-66-42-47-10-2-4-13-54(47)60-59(55-14-6-9-17-58(55)66)63-64-67(60)51-20-18-50(19-21-51)61-46-81/h2-21,40-41,52,59-60H,22-39,42-45H2,1H3/b62-40+. The maximum Gasteiger partial charge on any atom is 0.273 e. The lowest BCUT2D eigenvalue weighted by Gasteiger charge is -2.35. The monoisotopic (exact) mass is 1160 g/mol. The number of anilines is 2. The molecular weight excluding hydrogens is 1090 g/mol. The number of ether oxygens (including phenoxy) is 9. The Morgan fingerprint density at radius 2 is 1.32 bits per heavy atom. The zero-order valence-electron chi connectivity index (χ0n) is 46.3. The molecule has 1 aromatic heterocycles. The van der Waals surface area contributed by atoms with Crippen LogP contribution in [0.25, 0.3) is 10.9 Å². The number of thioether (sulfide) groups is 1. The number of nitro groups is 1. The van der Waals surface area contributed by atoms with Crippen LogP contribution in [0.5, 0.6) is 0 Å². The average molecular weight is 1160 g/mol. The molecule has 5 aromatic carbocycles. The van der Waals surface area contributed by atoms with Crippen LogP contribution < -0.4 is 9.91 Å². The van der Waals surface area contributed by atoms with Gasteiger partial charge in [0.05, 0.1) is 140 Å². The number of thiocarbonyl (C=S) groups is 1. The van der Waals surface area contributed by atoms with Gasteiger partial charge in [-0.05, 0) is 59.7 Å². The number of fused-ring (bicyclic) bond motifs is 6. The van der Waals surface area contributed by atoms with Crippen LogP contribution in [0.3, 0.4) is 0 Å². The fraction of sp³-hybridized carbons (Fsp3) is 0.433. The van der Waals surface area contributed by atoms with Crippen molar-refractivity contribution in [3.05, 3.63) is 165 Å². The predicted molar refractivity (Wildman–Crippen MR) is 320 cm³/mol. The van der Waals surface area contributed by atoms with Gasteiger partial charge in [-0.15, -0.1) is 0 Å². The number of aryl methyl sites for hydroxylation is 1. The molecule has 20 nitrogen and oxygen atoms in total. The second-order valence-corrected chi connectivity index (χ2v) is 20.2. The van der Waals surface area contributed by atoms with Crippen LogP contribution in [-0.2, 0) is 66.8 Å². The van der Waals surface area contributed by atoms with Crippen LogP contribution in [0.4, 0.5) is 22.7 Å². The molecule has 3 atom stereocenters. The minimum Gasteiger partial charge on any atom is -0.393 e. The van der Waals surface area contributed by atoms with E-state index in [4.69, 9.17) is 70.0 Å². The third kappa shape index (κ3) is 19.0. The zero-order chi connectivity index (χ0) is 56.8. The number of rotatable bonds is 39. The van der Waals surface area contributed by atoms with E-state index in [2.05, 4.69) is 85.4 Å². The van der Waals surface area contributed by atoms with E-state index in [1.54, 1.807) is 30.1 Å². The molecule has 0 N–H and O–H groups in total. The summed E-state index contributed by atoms with van der Waals surface area (Å²) in [5.41, 5.74) is 9.21. The Morgan fingerprint density at radius 1 is 0.707 bits per heavy atom. The molecule has 0 bridgehead atoms. The summed E-state index contributed by atoms with van der Waals surface area (Å²) in [6.07, 6.45) is 3.40. The molecule has 8 rings (SSSR count). The van der Waals surface area contributed by atoms with E-state index in [1.165, 1.54) is 17.2 Å². The summed E-state index contributed by atoms with van der Waals surface area (Å²) in [7, 11) is 2.01. The van der Waals surface area contributed by atoms with Crippen LogP contribution >= 0.6 is 24.0 Å². The van der Waals surface area contributed by atoms with Gasteiger partial charge in [-0.25, -0.2) is 5.01 Å². The number of nitro benzene ring substituents is 1. The van der Waals surface area contributed by atoms with E-state index in [9.17, 15) is 10.1 Å². The van der Waals surface area contributed by atoms with Crippen molar-refractivity contribution in [3.63, 3.8) is 0 Å². The highest BCUT2D eigenvalue weighted by Gasteiger charge is 2.40. The van der Waals surface area contributed by atoms with Gasteiger partial charge >= 0.3 is 0 Å². The number of nitrogens with zero attached hydrogens (tertiary/aromatic N) is 8. The van der Waals surface area contributed by atoms with Crippen molar-refractivity contribution in [1.29, 1.82) is 0 Å². The van der Waals surface area contributed by atoms with E-state index >= 15 is 0 Å². The Hall–Kier alpha value is -6.50. The molecule has 22 heteroatoms. The Morgan fingerprint density at radius 3 is 2.05 bits per heavy atom. The highest BCUT2D eigenvalue weighted by atomic mass is 32.2. The molecule has 0 radical (unpaired) electrons. The molecule has 2 aliphatic heterocycles. The third-order valence-electron chi connectivity index (χ3n) is 13.3. The van der Waals surface area contributed by atoms with Gasteiger partial charge in [0.2, 0.25) is 0 Å². The topological polar surface area (TPSA) is 196 Å². The second-order valence-electron chi connectivity index (χ2n) is 18.9. The van der Waals surface area contributed by atoms with Crippen LogP contribution in [0.2, 0.25) is 0 Å². The predicted octanol–water partition coefficient (Wildman–Crippen LogP) is 10.3. The number of hydrogen-bond acceptors (Lipinski definition) is 20. The maximum atomic E-state index is 11.3. The van der Waals surface area contributed by atoms with Gasteiger partial charge in [0.25, 0.3) is 5.69 Å². The Bertz CT molecular complexity index is 2980. The molecule has 436 valence electrons. The number of para-hydroxylation sites is 3. The number of oxime groups is 1. The van der Waals surface area contributed by atoms with E-state index in [-0.39, 0.29) is 28.8 Å². The van der Waals surface area contributed by atoms with Crippen molar-refractivity contribution in [1.82, 2.24) is 4.57 Å². The van der Waals surface area contributed by atoms with E-state index in [1.807, 2.05) is 60.7 Å². The summed E-state index contributed by atoms with van der Waals surface area (Å²) in [5, 5.41) is 30.5. The number of benzene rings is 5. The molecule has 0 saturated heterocycles. The van der Waals surface area contributed by atoms with Crippen LogP contribution in [0.15, 0.2) is 148 Å². The Balaban J connectivity index is 0.705. The maximum absolute atomic E-state index is 11.3. The summed E-state index contributed by atoms with van der Waals surface area (Å²) >= 11 is 6.40. The summed E-state index contributed by atoms with van der Waals surface area (Å²) in [6, 6.07) is 39.4. The molecular formula is C60H72N8O12S2. The number of hydrogen-bond donors (Lipinski definition) is 0. The molecule has 82 heavy (non-hydrogen) atoms. The van der Waals surface area contributed by atoms with Gasteiger partial charge in [0.1, 0.15) is 24.8 Å². The first-order valence-electron chi connectivity index (χ1n) is 27.5.